The summed E-state index contributed by atoms with van der Waals surface area (Å²) in [6.07, 6.45) is 15.2. The van der Waals surface area contributed by atoms with Crippen LogP contribution >= 0.6 is 0 Å². The van der Waals surface area contributed by atoms with Crippen LogP contribution in [0.4, 0.5) is 0 Å². The molecular weight excluding hydrogens is 576 g/mol. The first kappa shape index (κ1) is 33.3. The van der Waals surface area contributed by atoms with E-state index in [4.69, 9.17) is 9.47 Å². The number of aliphatic hydroxyl groups is 1. The Bertz CT molecular complexity index is 1520. The van der Waals surface area contributed by atoms with Crippen molar-refractivity contribution >= 4 is 5.97 Å². The number of benzene rings is 2. The maximum absolute atomic E-state index is 12.2. The number of allylic oxidation sites excluding steroid dienone is 2. The fourth-order valence-electron chi connectivity index (χ4n) is 6.76. The summed E-state index contributed by atoms with van der Waals surface area (Å²) in [7, 11) is 0. The second-order valence-electron chi connectivity index (χ2n) is 12.9. The summed E-state index contributed by atoms with van der Waals surface area (Å²) in [6.45, 7) is 4.09. The van der Waals surface area contributed by atoms with Crippen LogP contribution in [0, 0.1) is 36.5 Å². The van der Waals surface area contributed by atoms with E-state index in [0.29, 0.717) is 35.6 Å². The fourth-order valence-corrected chi connectivity index (χ4v) is 6.76. The molecule has 0 spiro atoms. The van der Waals surface area contributed by atoms with Crippen LogP contribution in [0.3, 0.4) is 0 Å². The van der Waals surface area contributed by atoms with Crippen LogP contribution in [-0.4, -0.2) is 38.4 Å². The summed E-state index contributed by atoms with van der Waals surface area (Å²) < 4.78 is 13.5. The van der Waals surface area contributed by atoms with Crippen LogP contribution in [0.25, 0.3) is 5.69 Å². The Morgan fingerprint density at radius 2 is 1.91 bits per heavy atom. The van der Waals surface area contributed by atoms with Gasteiger partial charge in [-0.3, -0.25) is 9.36 Å². The Labute approximate surface area is 273 Å². The lowest BCUT2D eigenvalue weighted by Crippen LogP contribution is -2.23. The molecule has 2 N–H and O–H groups in total. The largest absolute Gasteiger partial charge is 0.492 e. The summed E-state index contributed by atoms with van der Waals surface area (Å²) >= 11 is 0. The third-order valence-electron chi connectivity index (χ3n) is 9.50. The van der Waals surface area contributed by atoms with Crippen molar-refractivity contribution in [2.75, 3.05) is 6.61 Å². The Hall–Kier alpha value is -4.02. The minimum Gasteiger partial charge on any atom is -0.492 e. The molecule has 5 rings (SSSR count). The van der Waals surface area contributed by atoms with Crippen LogP contribution in [-0.2, 0) is 22.6 Å². The first-order valence-electron chi connectivity index (χ1n) is 16.9. The number of imidazole rings is 1. The van der Waals surface area contributed by atoms with Crippen molar-refractivity contribution in [3.05, 3.63) is 83.3 Å². The van der Waals surface area contributed by atoms with Gasteiger partial charge in [0.2, 0.25) is 5.88 Å². The topological polar surface area (TPSA) is 93.8 Å². The number of aryl methyl sites for hydroxylation is 1. The fraction of sp³-hybridized carbons (Fsp3) is 0.487. The van der Waals surface area contributed by atoms with E-state index < -0.39 is 0 Å². The number of ether oxygens (including phenoxy) is 2. The molecule has 0 bridgehead atoms. The van der Waals surface area contributed by atoms with Crippen LogP contribution in [0.1, 0.15) is 93.8 Å². The number of aliphatic hydroxyl groups excluding tert-OH is 1. The summed E-state index contributed by atoms with van der Waals surface area (Å²) in [4.78, 5) is 16.8. The van der Waals surface area contributed by atoms with Gasteiger partial charge in [0.25, 0.3) is 0 Å². The third-order valence-corrected chi connectivity index (χ3v) is 9.50. The van der Waals surface area contributed by atoms with Gasteiger partial charge in [0, 0.05) is 24.1 Å². The van der Waals surface area contributed by atoms with Gasteiger partial charge in [-0.2, -0.15) is 4.98 Å². The molecular formula is C39H48N2O5. The monoisotopic (exact) mass is 624 g/mol. The second-order valence-corrected chi connectivity index (χ2v) is 12.9. The lowest BCUT2D eigenvalue weighted by atomic mass is 9.78. The quantitative estimate of drug-likeness (QED) is 0.122. The highest BCUT2D eigenvalue weighted by atomic mass is 16.5. The molecule has 0 aliphatic heterocycles. The van der Waals surface area contributed by atoms with Gasteiger partial charge < -0.3 is 19.7 Å². The third kappa shape index (κ3) is 9.26. The first-order chi connectivity index (χ1) is 22.4. The second kappa shape index (κ2) is 16.5. The number of aromatic nitrogens is 2. The number of aromatic hydroxyl groups is 1. The van der Waals surface area contributed by atoms with Crippen molar-refractivity contribution < 1.29 is 24.5 Å². The van der Waals surface area contributed by atoms with Crippen LogP contribution < -0.4 is 4.74 Å². The molecule has 1 aromatic heterocycles. The number of carbonyl (C=O) groups is 1. The zero-order valence-electron chi connectivity index (χ0n) is 27.3. The molecule has 3 aromatic rings. The molecule has 2 atom stereocenters. The molecule has 0 radical (unpaired) electrons. The van der Waals surface area contributed by atoms with E-state index in [1.54, 1.807) is 0 Å². The molecule has 0 amide bonds. The van der Waals surface area contributed by atoms with Crippen LogP contribution in [0.5, 0.6) is 11.6 Å². The number of rotatable bonds is 12. The average molecular weight is 625 g/mol. The molecule has 7 nitrogen and oxygen atoms in total. The molecule has 2 aromatic carbocycles. The van der Waals surface area contributed by atoms with Crippen molar-refractivity contribution in [2.24, 2.45) is 17.8 Å². The molecule has 7 heteroatoms. The molecule has 2 aliphatic rings. The minimum atomic E-state index is -0.216. The lowest BCUT2D eigenvalue weighted by molar-refractivity contribution is -0.142. The van der Waals surface area contributed by atoms with Crippen molar-refractivity contribution in [3.8, 4) is 29.2 Å². The Balaban J connectivity index is 1.12. The lowest BCUT2D eigenvalue weighted by Gasteiger charge is -2.30. The number of carbonyl (C=O) groups excluding carboxylic acids is 1. The highest BCUT2D eigenvalue weighted by Gasteiger charge is 2.24. The van der Waals surface area contributed by atoms with E-state index in [0.717, 1.165) is 80.4 Å². The summed E-state index contributed by atoms with van der Waals surface area (Å²) in [5, 5.41) is 20.7. The Morgan fingerprint density at radius 1 is 1.11 bits per heavy atom. The first-order valence-corrected chi connectivity index (χ1v) is 16.9. The van der Waals surface area contributed by atoms with Gasteiger partial charge in [0.15, 0.2) is 6.61 Å². The molecule has 46 heavy (non-hydrogen) atoms. The predicted octanol–water partition coefficient (Wildman–Crippen LogP) is 7.62. The molecule has 2 unspecified atom stereocenters. The number of nitrogens with zero attached hydrogens (tertiary/aromatic N) is 2. The van der Waals surface area contributed by atoms with Crippen LogP contribution in [0.15, 0.2) is 60.7 Å². The normalized spacial score (nSPS) is 20.0. The number of hydrogen-bond acceptors (Lipinski definition) is 6. The maximum Gasteiger partial charge on any atom is 0.306 e. The van der Waals surface area contributed by atoms with Crippen molar-refractivity contribution in [1.82, 2.24) is 9.55 Å². The van der Waals surface area contributed by atoms with Crippen LogP contribution in [0.2, 0.25) is 0 Å². The van der Waals surface area contributed by atoms with E-state index in [1.165, 1.54) is 6.42 Å². The van der Waals surface area contributed by atoms with Gasteiger partial charge in [-0.15, -0.1) is 0 Å². The van der Waals surface area contributed by atoms with Gasteiger partial charge in [0.1, 0.15) is 23.9 Å². The van der Waals surface area contributed by atoms with E-state index in [2.05, 4.69) is 29.0 Å². The Morgan fingerprint density at radius 3 is 2.63 bits per heavy atom. The van der Waals surface area contributed by atoms with Gasteiger partial charge in [-0.25, -0.2) is 0 Å². The van der Waals surface area contributed by atoms with Gasteiger partial charge in [-0.1, -0.05) is 55.0 Å². The van der Waals surface area contributed by atoms with Gasteiger partial charge in [-0.05, 0) is 112 Å². The van der Waals surface area contributed by atoms with E-state index in [9.17, 15) is 15.0 Å². The molecule has 1 fully saturated rings. The minimum absolute atomic E-state index is 0.00719. The summed E-state index contributed by atoms with van der Waals surface area (Å²) in [5.41, 5.74) is 3.36. The standard InChI is InChI=1S/C39H48N2O5/c1-28-25-35(23-22-32(28)14-10-24-45-38(43)17-9-13-30-18-20-33(21-19-30)29(2)42)46-27-36-39(44)40-37(26-31-11-5-3-6-12-31)41(36)34-15-7-4-8-16-34/h4-5,7-8,11,15-16,22-23,25,29-31,33,42,44H,3,6,9,12-13,17-21,24,26-27H2,1-2H3. The molecule has 2 aliphatic carbocycles. The van der Waals surface area contributed by atoms with E-state index in [-0.39, 0.29) is 31.2 Å². The number of esters is 1. The van der Waals surface area contributed by atoms with Gasteiger partial charge in [0.05, 0.1) is 6.10 Å². The number of hydrogen-bond donors (Lipinski definition) is 2. The van der Waals surface area contributed by atoms with Crippen molar-refractivity contribution in [3.63, 3.8) is 0 Å². The Kier molecular flexibility index (Phi) is 12.0. The predicted molar refractivity (Wildman–Crippen MR) is 180 cm³/mol. The van der Waals surface area contributed by atoms with Crippen molar-refractivity contribution in [1.29, 1.82) is 0 Å². The SMILES string of the molecule is Cc1cc(OCc2c(O)nc(CC3C=CCCC3)n2-c2ccccc2)ccc1C#CCOC(=O)CCCC1CCC(C(C)O)CC1. The van der Waals surface area contributed by atoms with Crippen molar-refractivity contribution in [2.45, 2.75) is 97.2 Å². The molecule has 1 saturated carbocycles. The molecule has 244 valence electrons. The highest BCUT2D eigenvalue weighted by molar-refractivity contribution is 5.69. The van der Waals surface area contributed by atoms with E-state index in [1.807, 2.05) is 66.9 Å². The average Bonchev–Trinajstić information content (AvgIpc) is 3.37. The smallest absolute Gasteiger partial charge is 0.306 e. The maximum atomic E-state index is 12.2. The molecule has 0 saturated heterocycles. The molecule has 1 heterocycles. The van der Waals surface area contributed by atoms with Gasteiger partial charge >= 0.3 is 5.97 Å². The summed E-state index contributed by atoms with van der Waals surface area (Å²) in [6, 6.07) is 15.7. The summed E-state index contributed by atoms with van der Waals surface area (Å²) in [5.74, 6) is 8.85. The number of para-hydroxylation sites is 1. The zero-order valence-corrected chi connectivity index (χ0v) is 27.3. The highest BCUT2D eigenvalue weighted by Crippen LogP contribution is 2.33. The zero-order chi connectivity index (χ0) is 32.3. The van der Waals surface area contributed by atoms with E-state index >= 15 is 0 Å².